The summed E-state index contributed by atoms with van der Waals surface area (Å²) in [4.78, 5) is 13.6. The molecule has 5 heteroatoms. The van der Waals surface area contributed by atoms with E-state index in [2.05, 4.69) is 27.2 Å². The van der Waals surface area contributed by atoms with E-state index >= 15 is 0 Å². The first-order valence-electron chi connectivity index (χ1n) is 6.50. The van der Waals surface area contributed by atoms with Gasteiger partial charge in [0.25, 0.3) is 0 Å². The molecule has 0 aliphatic carbocycles. The molecule has 2 aromatic rings. The number of aromatic nitrogens is 3. The van der Waals surface area contributed by atoms with Crippen molar-refractivity contribution in [3.05, 3.63) is 40.3 Å². The Bertz CT molecular complexity index is 612. The number of pyridine rings is 1. The smallest absolute Gasteiger partial charge is 0.180 e. The molecule has 3 heterocycles. The third-order valence-corrected chi connectivity index (χ3v) is 3.53. The molecule has 0 unspecified atom stereocenters. The highest BCUT2D eigenvalue weighted by Crippen LogP contribution is 2.26. The zero-order chi connectivity index (χ0) is 13.2. The first-order valence-corrected chi connectivity index (χ1v) is 6.87. The summed E-state index contributed by atoms with van der Waals surface area (Å²) >= 11 is 6.18. The third kappa shape index (κ3) is 2.33. The van der Waals surface area contributed by atoms with E-state index in [0.29, 0.717) is 16.5 Å². The SMILES string of the molecule is CCCc1nc(-c2ncccc2Cl)nc2c1CNC2. The second-order valence-electron chi connectivity index (χ2n) is 4.61. The van der Waals surface area contributed by atoms with E-state index in [1.54, 1.807) is 6.20 Å². The molecule has 98 valence electrons. The van der Waals surface area contributed by atoms with Gasteiger partial charge in [0, 0.05) is 30.5 Å². The van der Waals surface area contributed by atoms with Crippen molar-refractivity contribution in [1.82, 2.24) is 20.3 Å². The van der Waals surface area contributed by atoms with Gasteiger partial charge in [-0.3, -0.25) is 4.98 Å². The van der Waals surface area contributed by atoms with Crippen molar-refractivity contribution in [2.45, 2.75) is 32.9 Å². The molecule has 0 saturated carbocycles. The molecule has 0 atom stereocenters. The van der Waals surface area contributed by atoms with Crippen molar-refractivity contribution in [2.24, 2.45) is 0 Å². The lowest BCUT2D eigenvalue weighted by Gasteiger charge is -2.09. The van der Waals surface area contributed by atoms with Gasteiger partial charge >= 0.3 is 0 Å². The number of hydrogen-bond donors (Lipinski definition) is 1. The Hall–Kier alpha value is -1.52. The summed E-state index contributed by atoms with van der Waals surface area (Å²) in [5.41, 5.74) is 4.11. The summed E-state index contributed by atoms with van der Waals surface area (Å²) in [6.07, 6.45) is 3.75. The Morgan fingerprint density at radius 1 is 1.32 bits per heavy atom. The molecule has 1 aliphatic heterocycles. The first kappa shape index (κ1) is 12.5. The van der Waals surface area contributed by atoms with Gasteiger partial charge in [-0.2, -0.15) is 0 Å². The summed E-state index contributed by atoms with van der Waals surface area (Å²) in [6, 6.07) is 3.63. The maximum absolute atomic E-state index is 6.18. The minimum Gasteiger partial charge on any atom is -0.307 e. The number of hydrogen-bond acceptors (Lipinski definition) is 4. The number of aryl methyl sites for hydroxylation is 1. The summed E-state index contributed by atoms with van der Waals surface area (Å²) in [7, 11) is 0. The maximum Gasteiger partial charge on any atom is 0.180 e. The van der Waals surface area contributed by atoms with Gasteiger partial charge in [0.15, 0.2) is 5.82 Å². The van der Waals surface area contributed by atoms with Crippen molar-refractivity contribution in [1.29, 1.82) is 0 Å². The highest BCUT2D eigenvalue weighted by atomic mass is 35.5. The second kappa shape index (κ2) is 5.23. The second-order valence-corrected chi connectivity index (χ2v) is 5.01. The lowest BCUT2D eigenvalue weighted by atomic mass is 10.1. The normalized spacial score (nSPS) is 13.6. The number of nitrogens with zero attached hydrogens (tertiary/aromatic N) is 3. The Kier molecular flexibility index (Phi) is 3.44. The van der Waals surface area contributed by atoms with Gasteiger partial charge in [0.2, 0.25) is 0 Å². The van der Waals surface area contributed by atoms with E-state index in [4.69, 9.17) is 11.6 Å². The molecule has 0 radical (unpaired) electrons. The van der Waals surface area contributed by atoms with Crippen LogP contribution < -0.4 is 5.32 Å². The van der Waals surface area contributed by atoms with Crippen molar-refractivity contribution >= 4 is 11.6 Å². The van der Waals surface area contributed by atoms with Gasteiger partial charge in [0.05, 0.1) is 10.7 Å². The lowest BCUT2D eigenvalue weighted by molar-refractivity contribution is 0.753. The van der Waals surface area contributed by atoms with Crippen LogP contribution in [0.3, 0.4) is 0 Å². The lowest BCUT2D eigenvalue weighted by Crippen LogP contribution is -2.04. The molecule has 0 spiro atoms. The first-order chi connectivity index (χ1) is 9.29. The molecule has 4 nitrogen and oxygen atoms in total. The van der Waals surface area contributed by atoms with Crippen LogP contribution in [0, 0.1) is 0 Å². The van der Waals surface area contributed by atoms with E-state index in [-0.39, 0.29) is 0 Å². The molecule has 0 saturated heterocycles. The van der Waals surface area contributed by atoms with Crippen LogP contribution in [-0.2, 0) is 19.5 Å². The average molecular weight is 275 g/mol. The van der Waals surface area contributed by atoms with Crippen LogP contribution in [0.15, 0.2) is 18.3 Å². The van der Waals surface area contributed by atoms with Gasteiger partial charge in [-0.25, -0.2) is 9.97 Å². The van der Waals surface area contributed by atoms with Crippen molar-refractivity contribution in [3.8, 4) is 11.5 Å². The standard InChI is InChI=1S/C14H15ClN4/c1-2-4-11-9-7-16-8-12(9)19-14(18-11)13-10(15)5-3-6-17-13/h3,5-6,16H,2,4,7-8H2,1H3. The van der Waals surface area contributed by atoms with Crippen LogP contribution in [-0.4, -0.2) is 15.0 Å². The van der Waals surface area contributed by atoms with Crippen molar-refractivity contribution in [3.63, 3.8) is 0 Å². The number of rotatable bonds is 3. The van der Waals surface area contributed by atoms with Gasteiger partial charge in [0.1, 0.15) is 5.69 Å². The third-order valence-electron chi connectivity index (χ3n) is 3.23. The molecule has 0 fully saturated rings. The molecule has 19 heavy (non-hydrogen) atoms. The fourth-order valence-electron chi connectivity index (χ4n) is 2.34. The quantitative estimate of drug-likeness (QED) is 0.935. The molecule has 2 aromatic heterocycles. The Balaban J connectivity index is 2.13. The molecule has 1 N–H and O–H groups in total. The Morgan fingerprint density at radius 3 is 3.00 bits per heavy atom. The minimum absolute atomic E-state index is 0.593. The van der Waals surface area contributed by atoms with Crippen LogP contribution in [0.5, 0.6) is 0 Å². The van der Waals surface area contributed by atoms with Gasteiger partial charge in [-0.05, 0) is 18.6 Å². The van der Waals surface area contributed by atoms with Crippen LogP contribution in [0.2, 0.25) is 5.02 Å². The monoisotopic (exact) mass is 274 g/mol. The number of nitrogens with one attached hydrogen (secondary N) is 1. The van der Waals surface area contributed by atoms with Crippen LogP contribution in [0.25, 0.3) is 11.5 Å². The highest BCUT2D eigenvalue weighted by Gasteiger charge is 2.20. The van der Waals surface area contributed by atoms with Gasteiger partial charge in [-0.1, -0.05) is 24.9 Å². The van der Waals surface area contributed by atoms with Crippen LogP contribution >= 0.6 is 11.6 Å². The summed E-state index contributed by atoms with van der Waals surface area (Å²) in [6.45, 7) is 3.82. The Morgan fingerprint density at radius 2 is 2.21 bits per heavy atom. The van der Waals surface area contributed by atoms with Crippen molar-refractivity contribution < 1.29 is 0 Å². The fourth-order valence-corrected chi connectivity index (χ4v) is 2.54. The minimum atomic E-state index is 0.593. The fraction of sp³-hybridized carbons (Fsp3) is 0.357. The van der Waals surface area contributed by atoms with Gasteiger partial charge in [-0.15, -0.1) is 0 Å². The average Bonchev–Trinajstić information content (AvgIpc) is 2.88. The van der Waals surface area contributed by atoms with E-state index in [1.807, 2.05) is 12.1 Å². The predicted octanol–water partition coefficient (Wildman–Crippen LogP) is 2.75. The van der Waals surface area contributed by atoms with E-state index in [9.17, 15) is 0 Å². The van der Waals surface area contributed by atoms with E-state index in [1.165, 1.54) is 5.56 Å². The van der Waals surface area contributed by atoms with Gasteiger partial charge < -0.3 is 5.32 Å². The molecule has 0 amide bonds. The largest absolute Gasteiger partial charge is 0.307 e. The summed E-state index contributed by atoms with van der Waals surface area (Å²) in [5, 5.41) is 3.92. The highest BCUT2D eigenvalue weighted by molar-refractivity contribution is 6.32. The molecule has 0 aromatic carbocycles. The zero-order valence-corrected chi connectivity index (χ0v) is 11.5. The molecule has 3 rings (SSSR count). The predicted molar refractivity (Wildman–Crippen MR) is 74.8 cm³/mol. The summed E-state index contributed by atoms with van der Waals surface area (Å²) in [5.74, 6) is 0.636. The number of fused-ring (bicyclic) bond motifs is 1. The van der Waals surface area contributed by atoms with Crippen LogP contribution in [0.1, 0.15) is 30.3 Å². The maximum atomic E-state index is 6.18. The molecular formula is C14H15ClN4. The molecule has 0 bridgehead atoms. The topological polar surface area (TPSA) is 50.7 Å². The van der Waals surface area contributed by atoms with E-state index < -0.39 is 0 Å². The van der Waals surface area contributed by atoms with Crippen molar-refractivity contribution in [2.75, 3.05) is 0 Å². The summed E-state index contributed by atoms with van der Waals surface area (Å²) < 4.78 is 0. The Labute approximate surface area is 117 Å². The number of halogens is 1. The zero-order valence-electron chi connectivity index (χ0n) is 10.8. The van der Waals surface area contributed by atoms with Crippen LogP contribution in [0.4, 0.5) is 0 Å². The van der Waals surface area contributed by atoms with E-state index in [0.717, 1.165) is 37.3 Å². The molecular weight excluding hydrogens is 260 g/mol. The molecule has 1 aliphatic rings.